The first-order valence-electron chi connectivity index (χ1n) is 10.3. The Morgan fingerprint density at radius 1 is 1.10 bits per heavy atom. The fourth-order valence-corrected chi connectivity index (χ4v) is 4.03. The SMILES string of the molecule is CCCCn1cc(-c2cc(CO)c(C(C)(C)C)c(OC)c2)c2ccccc2c1=O. The number of aliphatic hydroxyl groups is 1. The molecule has 4 nitrogen and oxygen atoms in total. The van der Waals surface area contributed by atoms with E-state index in [1.165, 1.54) is 0 Å². The van der Waals surface area contributed by atoms with Crippen molar-refractivity contribution in [3.8, 4) is 16.9 Å². The Kier molecular flexibility index (Phi) is 6.13. The van der Waals surface area contributed by atoms with Crippen molar-refractivity contribution < 1.29 is 9.84 Å². The fraction of sp³-hybridized carbons (Fsp3) is 0.400. The number of unbranched alkanes of at least 4 members (excludes halogenated alkanes) is 1. The van der Waals surface area contributed by atoms with Crippen LogP contribution in [0.5, 0.6) is 5.75 Å². The summed E-state index contributed by atoms with van der Waals surface area (Å²) < 4.78 is 7.54. The van der Waals surface area contributed by atoms with E-state index < -0.39 is 0 Å². The lowest BCUT2D eigenvalue weighted by Gasteiger charge is -2.26. The van der Waals surface area contributed by atoms with E-state index in [0.717, 1.165) is 46.2 Å². The second-order valence-corrected chi connectivity index (χ2v) is 8.56. The highest BCUT2D eigenvalue weighted by molar-refractivity contribution is 5.96. The quantitative estimate of drug-likeness (QED) is 0.621. The second kappa shape index (κ2) is 8.42. The summed E-state index contributed by atoms with van der Waals surface area (Å²) in [5, 5.41) is 11.7. The van der Waals surface area contributed by atoms with Crippen molar-refractivity contribution >= 4 is 10.8 Å². The van der Waals surface area contributed by atoms with Crippen molar-refractivity contribution in [1.82, 2.24) is 4.57 Å². The zero-order valence-corrected chi connectivity index (χ0v) is 18.1. The zero-order valence-electron chi connectivity index (χ0n) is 18.1. The normalized spacial score (nSPS) is 11.8. The minimum Gasteiger partial charge on any atom is -0.496 e. The van der Waals surface area contributed by atoms with Crippen LogP contribution in [0.15, 0.2) is 47.4 Å². The minimum atomic E-state index is -0.163. The van der Waals surface area contributed by atoms with Gasteiger partial charge in [-0.05, 0) is 46.5 Å². The van der Waals surface area contributed by atoms with E-state index in [1.807, 2.05) is 47.2 Å². The molecule has 1 aromatic heterocycles. The summed E-state index contributed by atoms with van der Waals surface area (Å²) in [6.45, 7) is 9.09. The van der Waals surface area contributed by atoms with Gasteiger partial charge in [0.2, 0.25) is 0 Å². The summed E-state index contributed by atoms with van der Waals surface area (Å²) in [6.07, 6.45) is 3.93. The molecule has 0 aliphatic rings. The van der Waals surface area contributed by atoms with Crippen molar-refractivity contribution in [3.05, 3.63) is 64.1 Å². The molecule has 2 aromatic carbocycles. The van der Waals surface area contributed by atoms with Gasteiger partial charge in [-0.2, -0.15) is 0 Å². The molecule has 0 spiro atoms. The lowest BCUT2D eigenvalue weighted by Crippen LogP contribution is -2.20. The van der Waals surface area contributed by atoms with E-state index in [2.05, 4.69) is 27.7 Å². The Morgan fingerprint density at radius 3 is 2.38 bits per heavy atom. The smallest absolute Gasteiger partial charge is 0.258 e. The van der Waals surface area contributed by atoms with E-state index in [9.17, 15) is 9.90 Å². The first kappa shape index (κ1) is 21.1. The third-order valence-electron chi connectivity index (χ3n) is 5.38. The predicted molar refractivity (Wildman–Crippen MR) is 120 cm³/mol. The van der Waals surface area contributed by atoms with Crippen molar-refractivity contribution in [2.45, 2.75) is 59.1 Å². The molecular weight excluding hydrogens is 362 g/mol. The van der Waals surface area contributed by atoms with Crippen LogP contribution < -0.4 is 10.3 Å². The number of hydrogen-bond donors (Lipinski definition) is 1. The Hall–Kier alpha value is -2.59. The number of aliphatic hydroxyl groups excluding tert-OH is 1. The van der Waals surface area contributed by atoms with Gasteiger partial charge in [0.1, 0.15) is 5.75 Å². The lowest BCUT2D eigenvalue weighted by molar-refractivity contribution is 0.276. The molecule has 1 heterocycles. The lowest BCUT2D eigenvalue weighted by atomic mass is 9.81. The maximum atomic E-state index is 12.9. The number of ether oxygens (including phenoxy) is 1. The molecule has 0 saturated carbocycles. The van der Waals surface area contributed by atoms with E-state index >= 15 is 0 Å². The highest BCUT2D eigenvalue weighted by Gasteiger charge is 2.24. The number of rotatable bonds is 6. The third kappa shape index (κ3) is 4.08. The van der Waals surface area contributed by atoms with Gasteiger partial charge in [-0.15, -0.1) is 0 Å². The Bertz CT molecular complexity index is 1050. The van der Waals surface area contributed by atoms with E-state index in [1.54, 1.807) is 7.11 Å². The van der Waals surface area contributed by atoms with Crippen molar-refractivity contribution in [2.24, 2.45) is 0 Å². The molecule has 154 valence electrons. The molecule has 0 amide bonds. The summed E-state index contributed by atoms with van der Waals surface area (Å²) in [5.41, 5.74) is 3.66. The van der Waals surface area contributed by atoms with Crippen LogP contribution in [0.2, 0.25) is 0 Å². The molecule has 0 radical (unpaired) electrons. The number of methoxy groups -OCH3 is 1. The molecule has 0 fully saturated rings. The number of nitrogens with zero attached hydrogens (tertiary/aromatic N) is 1. The van der Waals surface area contributed by atoms with E-state index in [0.29, 0.717) is 11.9 Å². The number of fused-ring (bicyclic) bond motifs is 1. The number of pyridine rings is 1. The molecule has 4 heteroatoms. The summed E-state index contributed by atoms with van der Waals surface area (Å²) >= 11 is 0. The Balaban J connectivity index is 2.33. The van der Waals surface area contributed by atoms with Gasteiger partial charge in [0.05, 0.1) is 13.7 Å². The summed E-state index contributed by atoms with van der Waals surface area (Å²) in [7, 11) is 1.66. The molecule has 0 atom stereocenters. The zero-order chi connectivity index (χ0) is 21.2. The molecule has 0 saturated heterocycles. The van der Waals surface area contributed by atoms with Gasteiger partial charge < -0.3 is 14.4 Å². The maximum Gasteiger partial charge on any atom is 0.258 e. The van der Waals surface area contributed by atoms with Gasteiger partial charge in [0.25, 0.3) is 5.56 Å². The van der Waals surface area contributed by atoms with Crippen molar-refractivity contribution in [3.63, 3.8) is 0 Å². The second-order valence-electron chi connectivity index (χ2n) is 8.56. The standard InChI is InChI=1S/C25H31NO3/c1-6-7-12-26-15-21(19-10-8-9-11-20(19)24(26)28)17-13-18(16-27)23(25(2,3)4)22(14-17)29-5/h8-11,13-15,27H,6-7,12,16H2,1-5H3. The number of benzene rings is 2. The molecule has 3 rings (SSSR count). The Morgan fingerprint density at radius 2 is 1.79 bits per heavy atom. The number of aryl methyl sites for hydroxylation is 1. The molecule has 29 heavy (non-hydrogen) atoms. The molecular formula is C25H31NO3. The summed E-state index contributed by atoms with van der Waals surface area (Å²) in [6, 6.07) is 11.8. The molecule has 3 aromatic rings. The van der Waals surface area contributed by atoms with Crippen molar-refractivity contribution in [2.75, 3.05) is 7.11 Å². The third-order valence-corrected chi connectivity index (χ3v) is 5.38. The van der Waals surface area contributed by atoms with Gasteiger partial charge in [-0.3, -0.25) is 4.79 Å². The average molecular weight is 394 g/mol. The molecule has 0 unspecified atom stereocenters. The first-order chi connectivity index (χ1) is 13.8. The topological polar surface area (TPSA) is 51.5 Å². The molecule has 0 aliphatic heterocycles. The van der Waals surface area contributed by atoms with Gasteiger partial charge >= 0.3 is 0 Å². The van der Waals surface area contributed by atoms with Crippen LogP contribution >= 0.6 is 0 Å². The van der Waals surface area contributed by atoms with Crippen LogP contribution in [0.25, 0.3) is 21.9 Å². The molecule has 0 aliphatic carbocycles. The van der Waals surface area contributed by atoms with Crippen LogP contribution in [0.1, 0.15) is 51.7 Å². The van der Waals surface area contributed by atoms with Crippen molar-refractivity contribution in [1.29, 1.82) is 0 Å². The van der Waals surface area contributed by atoms with Gasteiger partial charge in [0.15, 0.2) is 0 Å². The summed E-state index contributed by atoms with van der Waals surface area (Å²) in [4.78, 5) is 12.9. The first-order valence-corrected chi connectivity index (χ1v) is 10.3. The monoisotopic (exact) mass is 393 g/mol. The predicted octanol–water partition coefficient (Wildman–Crippen LogP) is 5.27. The van der Waals surface area contributed by atoms with Crippen LogP contribution in [-0.2, 0) is 18.6 Å². The van der Waals surface area contributed by atoms with Gasteiger partial charge in [-0.25, -0.2) is 0 Å². The largest absolute Gasteiger partial charge is 0.496 e. The highest BCUT2D eigenvalue weighted by Crippen LogP contribution is 2.39. The summed E-state index contributed by atoms with van der Waals surface area (Å²) in [5.74, 6) is 0.759. The maximum absolute atomic E-state index is 12.9. The van der Waals surface area contributed by atoms with Gasteiger partial charge in [-0.1, -0.05) is 52.3 Å². The highest BCUT2D eigenvalue weighted by atomic mass is 16.5. The number of hydrogen-bond acceptors (Lipinski definition) is 3. The van der Waals surface area contributed by atoms with Crippen LogP contribution in [0.4, 0.5) is 0 Å². The molecule has 0 bridgehead atoms. The molecule has 1 N–H and O–H groups in total. The Labute approximate surface area is 172 Å². The van der Waals surface area contributed by atoms with E-state index in [4.69, 9.17) is 4.74 Å². The average Bonchev–Trinajstić information content (AvgIpc) is 2.71. The van der Waals surface area contributed by atoms with Gasteiger partial charge in [0, 0.05) is 29.3 Å². The van der Waals surface area contributed by atoms with E-state index in [-0.39, 0.29) is 17.6 Å². The van der Waals surface area contributed by atoms with Crippen LogP contribution in [0, 0.1) is 0 Å². The fourth-order valence-electron chi connectivity index (χ4n) is 4.03. The van der Waals surface area contributed by atoms with Crippen LogP contribution in [-0.4, -0.2) is 16.8 Å². The van der Waals surface area contributed by atoms with Crippen LogP contribution in [0.3, 0.4) is 0 Å². The number of aromatic nitrogens is 1. The minimum absolute atomic E-state index is 0.0402.